The Morgan fingerprint density at radius 3 is 3.06 bits per heavy atom. The van der Waals surface area contributed by atoms with E-state index in [0.29, 0.717) is 13.2 Å². The molecule has 1 fully saturated rings. The Bertz CT molecular complexity index is 653. The number of pyridine rings is 1. The lowest BCUT2D eigenvalue weighted by molar-refractivity contribution is -0.0301. The summed E-state index contributed by atoms with van der Waals surface area (Å²) in [4.78, 5) is 12.3. The molecule has 0 aliphatic carbocycles. The Kier molecular flexibility index (Phi) is 1.69. The van der Waals surface area contributed by atoms with Gasteiger partial charge in [-0.2, -0.15) is 0 Å². The fourth-order valence-electron chi connectivity index (χ4n) is 2.46. The third-order valence-corrected chi connectivity index (χ3v) is 3.45. The minimum atomic E-state index is -0.0474. The summed E-state index contributed by atoms with van der Waals surface area (Å²) >= 11 is 0. The highest BCUT2D eigenvalue weighted by Crippen LogP contribution is 2.22. The molecule has 0 spiro atoms. The molecule has 1 saturated heterocycles. The topological polar surface area (TPSA) is 60.6 Å². The van der Waals surface area contributed by atoms with E-state index in [1.165, 1.54) is 0 Å². The summed E-state index contributed by atoms with van der Waals surface area (Å²) in [6.45, 7) is 2.06. The van der Waals surface area contributed by atoms with Gasteiger partial charge in [-0.3, -0.25) is 0 Å². The van der Waals surface area contributed by atoms with Crippen LogP contribution in [-0.4, -0.2) is 33.9 Å². The number of hydrogen-bond acceptors (Lipinski definition) is 4. The monoisotopic (exact) mass is 232 g/mol. The summed E-state index contributed by atoms with van der Waals surface area (Å²) < 4.78 is 8.38. The lowest BCUT2D eigenvalue weighted by atomic mass is 10.3. The molecule has 4 rings (SSSR count). The van der Waals surface area contributed by atoms with Crippen LogP contribution in [0.15, 0.2) is 16.9 Å². The van der Waals surface area contributed by atoms with Crippen LogP contribution in [0.1, 0.15) is 11.7 Å². The van der Waals surface area contributed by atoms with Gasteiger partial charge in [0, 0.05) is 13.0 Å². The van der Waals surface area contributed by atoms with Gasteiger partial charge in [-0.05, 0) is 12.1 Å². The second-order valence-corrected chi connectivity index (χ2v) is 4.48. The molecule has 0 radical (unpaired) electrons. The lowest BCUT2D eigenvalue weighted by Gasteiger charge is -2.24. The van der Waals surface area contributed by atoms with Crippen LogP contribution in [0.2, 0.25) is 0 Å². The van der Waals surface area contributed by atoms with Gasteiger partial charge in [0.2, 0.25) is 0 Å². The van der Waals surface area contributed by atoms with Crippen molar-refractivity contribution < 1.29 is 4.74 Å². The molecule has 4 heterocycles. The van der Waals surface area contributed by atoms with E-state index in [0.717, 1.165) is 30.0 Å². The van der Waals surface area contributed by atoms with Crippen molar-refractivity contribution >= 4 is 11.3 Å². The first-order valence-electron chi connectivity index (χ1n) is 5.79. The number of fused-ring (bicyclic) bond motifs is 3. The fourth-order valence-corrected chi connectivity index (χ4v) is 2.46. The second-order valence-electron chi connectivity index (χ2n) is 4.48. The van der Waals surface area contributed by atoms with Crippen LogP contribution >= 0.6 is 0 Å². The maximum atomic E-state index is 12.3. The van der Waals surface area contributed by atoms with Gasteiger partial charge in [0.25, 0.3) is 0 Å². The predicted molar refractivity (Wildman–Crippen MR) is 61.5 cm³/mol. The Labute approximate surface area is 96.8 Å². The summed E-state index contributed by atoms with van der Waals surface area (Å²) in [5, 5.41) is 7.64. The molecule has 0 atom stereocenters. The maximum Gasteiger partial charge on any atom is 0.351 e. The van der Waals surface area contributed by atoms with E-state index in [-0.39, 0.29) is 11.7 Å². The first-order chi connectivity index (χ1) is 8.34. The van der Waals surface area contributed by atoms with E-state index in [1.807, 2.05) is 12.1 Å². The molecule has 1 N–H and O–H groups in total. The van der Waals surface area contributed by atoms with Crippen molar-refractivity contribution in [1.82, 2.24) is 14.2 Å². The third kappa shape index (κ3) is 1.13. The van der Waals surface area contributed by atoms with Crippen LogP contribution in [0.3, 0.4) is 0 Å². The summed E-state index contributed by atoms with van der Waals surface area (Å²) in [5.74, 6) is 0. The van der Waals surface area contributed by atoms with Crippen LogP contribution < -0.4 is 11.0 Å². The SMILES string of the molecule is O=c1n(C2COC2)nc2ccc3c(n12)CCN3. The summed E-state index contributed by atoms with van der Waals surface area (Å²) in [6.07, 6.45) is 0.874. The molecule has 2 aromatic heterocycles. The zero-order valence-electron chi connectivity index (χ0n) is 9.22. The van der Waals surface area contributed by atoms with Crippen molar-refractivity contribution in [2.75, 3.05) is 25.1 Å². The molecule has 6 nitrogen and oxygen atoms in total. The molecule has 2 aliphatic rings. The number of nitrogens with zero attached hydrogens (tertiary/aromatic N) is 3. The molecule has 88 valence electrons. The molecule has 2 aromatic rings. The van der Waals surface area contributed by atoms with Gasteiger partial charge in [0.05, 0.1) is 24.6 Å². The first-order valence-corrected chi connectivity index (χ1v) is 5.79. The highest BCUT2D eigenvalue weighted by molar-refractivity contribution is 5.58. The largest absolute Gasteiger partial charge is 0.383 e. The summed E-state index contributed by atoms with van der Waals surface area (Å²) in [7, 11) is 0. The quantitative estimate of drug-likeness (QED) is 0.754. The average molecular weight is 232 g/mol. The first kappa shape index (κ1) is 9.23. The maximum absolute atomic E-state index is 12.3. The fraction of sp³-hybridized carbons (Fsp3) is 0.455. The summed E-state index contributed by atoms with van der Waals surface area (Å²) in [5.41, 5.74) is 2.77. The minimum Gasteiger partial charge on any atom is -0.383 e. The molecule has 0 saturated carbocycles. The second kappa shape index (κ2) is 3.10. The highest BCUT2D eigenvalue weighted by Gasteiger charge is 2.26. The minimum absolute atomic E-state index is 0.0474. The Morgan fingerprint density at radius 2 is 2.29 bits per heavy atom. The Balaban J connectivity index is 2.01. The molecule has 0 aromatic carbocycles. The van der Waals surface area contributed by atoms with Crippen molar-refractivity contribution in [2.45, 2.75) is 12.5 Å². The zero-order chi connectivity index (χ0) is 11.4. The third-order valence-electron chi connectivity index (χ3n) is 3.45. The Hall–Kier alpha value is -1.82. The number of hydrogen-bond donors (Lipinski definition) is 1. The Morgan fingerprint density at radius 1 is 1.41 bits per heavy atom. The molecule has 0 bridgehead atoms. The number of nitrogens with one attached hydrogen (secondary N) is 1. The van der Waals surface area contributed by atoms with Crippen LogP contribution in [-0.2, 0) is 11.2 Å². The predicted octanol–water partition coefficient (Wildman–Crippen LogP) is 0.0353. The number of rotatable bonds is 1. The van der Waals surface area contributed by atoms with Crippen molar-refractivity contribution in [3.8, 4) is 0 Å². The molecule has 0 unspecified atom stereocenters. The lowest BCUT2D eigenvalue weighted by Crippen LogP contribution is -2.38. The van der Waals surface area contributed by atoms with Gasteiger partial charge in [-0.15, -0.1) is 5.10 Å². The van der Waals surface area contributed by atoms with E-state index < -0.39 is 0 Å². The van der Waals surface area contributed by atoms with E-state index in [9.17, 15) is 4.79 Å². The van der Waals surface area contributed by atoms with Gasteiger partial charge in [-0.25, -0.2) is 13.9 Å². The molecular weight excluding hydrogens is 220 g/mol. The van der Waals surface area contributed by atoms with Crippen molar-refractivity contribution in [2.24, 2.45) is 0 Å². The molecule has 2 aliphatic heterocycles. The van der Waals surface area contributed by atoms with Crippen molar-refractivity contribution in [1.29, 1.82) is 0 Å². The average Bonchev–Trinajstić information content (AvgIpc) is 2.81. The molecular formula is C11H12N4O2. The van der Waals surface area contributed by atoms with Crippen LogP contribution in [0.5, 0.6) is 0 Å². The van der Waals surface area contributed by atoms with Gasteiger partial charge in [-0.1, -0.05) is 0 Å². The summed E-state index contributed by atoms with van der Waals surface area (Å²) in [6, 6.07) is 3.98. The molecule has 17 heavy (non-hydrogen) atoms. The van der Waals surface area contributed by atoms with E-state index in [2.05, 4.69) is 10.4 Å². The standard InChI is InChI=1S/C11H12N4O2/c16-11-14-9-3-4-12-8(9)1-2-10(14)13-15(11)7-5-17-6-7/h1-2,7,12H,3-6H2. The normalized spacial score (nSPS) is 19.1. The van der Waals surface area contributed by atoms with E-state index in [1.54, 1.807) is 9.08 Å². The highest BCUT2D eigenvalue weighted by atomic mass is 16.5. The van der Waals surface area contributed by atoms with Gasteiger partial charge < -0.3 is 10.1 Å². The van der Waals surface area contributed by atoms with Crippen molar-refractivity contribution in [3.05, 3.63) is 28.3 Å². The van der Waals surface area contributed by atoms with E-state index in [4.69, 9.17) is 4.74 Å². The molecule has 0 amide bonds. The van der Waals surface area contributed by atoms with Crippen LogP contribution in [0, 0.1) is 0 Å². The number of aromatic nitrogens is 3. The van der Waals surface area contributed by atoms with Crippen molar-refractivity contribution in [3.63, 3.8) is 0 Å². The van der Waals surface area contributed by atoms with Gasteiger partial charge in [0.15, 0.2) is 5.65 Å². The van der Waals surface area contributed by atoms with Crippen LogP contribution in [0.4, 0.5) is 5.69 Å². The van der Waals surface area contributed by atoms with Gasteiger partial charge in [0.1, 0.15) is 6.04 Å². The molecule has 6 heteroatoms. The van der Waals surface area contributed by atoms with Gasteiger partial charge >= 0.3 is 5.69 Å². The number of anilines is 1. The van der Waals surface area contributed by atoms with E-state index >= 15 is 0 Å². The smallest absolute Gasteiger partial charge is 0.351 e. The zero-order valence-corrected chi connectivity index (χ0v) is 9.22. The van der Waals surface area contributed by atoms with Crippen LogP contribution in [0.25, 0.3) is 5.65 Å². The number of ether oxygens (including phenoxy) is 1.